The minimum Gasteiger partial charge on any atom is -0.493 e. The second-order valence-corrected chi connectivity index (χ2v) is 7.27. The maximum atomic E-state index is 12.3. The van der Waals surface area contributed by atoms with E-state index in [1.807, 2.05) is 18.2 Å². The summed E-state index contributed by atoms with van der Waals surface area (Å²) in [5, 5.41) is 4.03. The molecule has 1 aliphatic carbocycles. The van der Waals surface area contributed by atoms with Gasteiger partial charge in [0, 0.05) is 12.5 Å². The molecule has 0 aliphatic heterocycles. The highest BCUT2D eigenvalue weighted by Gasteiger charge is 2.27. The predicted molar refractivity (Wildman–Crippen MR) is 98.7 cm³/mol. The lowest BCUT2D eigenvalue weighted by Crippen LogP contribution is -2.21. The van der Waals surface area contributed by atoms with Crippen molar-refractivity contribution in [1.29, 1.82) is 0 Å². The van der Waals surface area contributed by atoms with Crippen LogP contribution < -0.4 is 14.8 Å². The van der Waals surface area contributed by atoms with Crippen LogP contribution in [0, 0.1) is 0 Å². The number of rotatable bonds is 9. The second kappa shape index (κ2) is 8.34. The molecule has 5 nitrogen and oxygen atoms in total. The second-order valence-electron chi connectivity index (χ2n) is 6.21. The number of amides is 1. The third-order valence-corrected chi connectivity index (χ3v) is 5.27. The summed E-state index contributed by atoms with van der Waals surface area (Å²) in [5.74, 6) is 1.93. The third-order valence-electron chi connectivity index (χ3n) is 4.11. The van der Waals surface area contributed by atoms with Gasteiger partial charge < -0.3 is 14.8 Å². The molecule has 0 atom stereocenters. The minimum atomic E-state index is -0.0772. The van der Waals surface area contributed by atoms with Crippen LogP contribution in [0.1, 0.15) is 58.8 Å². The van der Waals surface area contributed by atoms with Crippen molar-refractivity contribution in [3.8, 4) is 11.5 Å². The summed E-state index contributed by atoms with van der Waals surface area (Å²) in [4.78, 5) is 17.3. The van der Waals surface area contributed by atoms with Gasteiger partial charge in [0.15, 0.2) is 11.5 Å². The summed E-state index contributed by atoms with van der Waals surface area (Å²) in [5.41, 5.74) is 0.972. The van der Waals surface area contributed by atoms with Crippen LogP contribution in [0.15, 0.2) is 24.4 Å². The molecule has 1 aromatic heterocycles. The summed E-state index contributed by atoms with van der Waals surface area (Å²) >= 11 is 1.50. The Balaban J connectivity index is 1.57. The Kier molecular flexibility index (Phi) is 5.91. The van der Waals surface area contributed by atoms with Gasteiger partial charge in [-0.25, -0.2) is 4.98 Å². The lowest BCUT2D eigenvalue weighted by atomic mass is 10.2. The Bertz CT molecular complexity index is 725. The number of carbonyl (C=O) groups excluding carboxylic acids is 1. The number of hydrogen-bond acceptors (Lipinski definition) is 5. The van der Waals surface area contributed by atoms with Gasteiger partial charge >= 0.3 is 0 Å². The maximum absolute atomic E-state index is 12.3. The van der Waals surface area contributed by atoms with Crippen LogP contribution in [-0.2, 0) is 6.54 Å². The van der Waals surface area contributed by atoms with Gasteiger partial charge in [0.2, 0.25) is 0 Å². The quantitative estimate of drug-likeness (QED) is 0.683. The molecule has 134 valence electrons. The fraction of sp³-hybridized carbons (Fsp3) is 0.474. The summed E-state index contributed by atoms with van der Waals surface area (Å²) in [7, 11) is 1.63. The van der Waals surface area contributed by atoms with E-state index in [1.165, 1.54) is 24.2 Å². The van der Waals surface area contributed by atoms with E-state index < -0.39 is 0 Å². The summed E-state index contributed by atoms with van der Waals surface area (Å²) in [6, 6.07) is 5.75. The molecule has 3 rings (SSSR count). The number of hydrogen-bond donors (Lipinski definition) is 1. The van der Waals surface area contributed by atoms with E-state index in [1.54, 1.807) is 13.3 Å². The average molecular weight is 360 g/mol. The van der Waals surface area contributed by atoms with Gasteiger partial charge in [0.05, 0.1) is 24.9 Å². The molecule has 2 aromatic rings. The molecular weight excluding hydrogens is 336 g/mol. The van der Waals surface area contributed by atoms with Crippen LogP contribution in [0.3, 0.4) is 0 Å². The highest BCUT2D eigenvalue weighted by molar-refractivity contribution is 7.13. The van der Waals surface area contributed by atoms with Crippen molar-refractivity contribution in [2.75, 3.05) is 13.7 Å². The van der Waals surface area contributed by atoms with Crippen LogP contribution in [-0.4, -0.2) is 24.6 Å². The Morgan fingerprint density at radius 2 is 2.20 bits per heavy atom. The molecule has 0 saturated heterocycles. The molecule has 0 radical (unpaired) electrons. The van der Waals surface area contributed by atoms with Crippen LogP contribution in [0.5, 0.6) is 11.5 Å². The molecule has 0 bridgehead atoms. The van der Waals surface area contributed by atoms with Gasteiger partial charge in [-0.1, -0.05) is 19.4 Å². The Morgan fingerprint density at radius 3 is 2.92 bits per heavy atom. The maximum Gasteiger partial charge on any atom is 0.263 e. The number of ether oxygens (including phenoxy) is 2. The molecule has 6 heteroatoms. The zero-order chi connectivity index (χ0) is 17.6. The first-order valence-electron chi connectivity index (χ1n) is 8.75. The Morgan fingerprint density at radius 1 is 1.36 bits per heavy atom. The van der Waals surface area contributed by atoms with E-state index in [0.717, 1.165) is 29.2 Å². The van der Waals surface area contributed by atoms with Crippen molar-refractivity contribution < 1.29 is 14.3 Å². The minimum absolute atomic E-state index is 0.0772. The van der Waals surface area contributed by atoms with Crippen LogP contribution in [0.4, 0.5) is 0 Å². The molecule has 1 fully saturated rings. The molecule has 0 unspecified atom stereocenters. The van der Waals surface area contributed by atoms with Crippen molar-refractivity contribution in [1.82, 2.24) is 10.3 Å². The van der Waals surface area contributed by atoms with Crippen molar-refractivity contribution in [2.24, 2.45) is 0 Å². The smallest absolute Gasteiger partial charge is 0.263 e. The largest absolute Gasteiger partial charge is 0.493 e. The normalized spacial score (nSPS) is 13.5. The van der Waals surface area contributed by atoms with Gasteiger partial charge in [-0.05, 0) is 37.0 Å². The molecule has 1 saturated carbocycles. The molecule has 1 N–H and O–H groups in total. The zero-order valence-electron chi connectivity index (χ0n) is 14.7. The van der Waals surface area contributed by atoms with Crippen molar-refractivity contribution in [3.63, 3.8) is 0 Å². The van der Waals surface area contributed by atoms with Crippen molar-refractivity contribution >= 4 is 17.2 Å². The highest BCUT2D eigenvalue weighted by atomic mass is 32.1. The van der Waals surface area contributed by atoms with E-state index in [-0.39, 0.29) is 5.91 Å². The molecule has 1 aliphatic rings. The number of benzene rings is 1. The van der Waals surface area contributed by atoms with E-state index in [2.05, 4.69) is 17.2 Å². The van der Waals surface area contributed by atoms with E-state index in [0.29, 0.717) is 29.7 Å². The van der Waals surface area contributed by atoms with Gasteiger partial charge in [0.25, 0.3) is 5.91 Å². The molecule has 1 aromatic carbocycles. The fourth-order valence-corrected chi connectivity index (χ4v) is 3.45. The summed E-state index contributed by atoms with van der Waals surface area (Å²) in [6.07, 6.45) is 6.17. The monoisotopic (exact) mass is 360 g/mol. The van der Waals surface area contributed by atoms with Gasteiger partial charge in [0.1, 0.15) is 4.88 Å². The zero-order valence-corrected chi connectivity index (χ0v) is 15.5. The number of methoxy groups -OCH3 is 1. The molecule has 0 spiro atoms. The number of unbranched alkanes of at least 4 members (excludes halogenated alkanes) is 1. The van der Waals surface area contributed by atoms with Crippen molar-refractivity contribution in [2.45, 2.75) is 45.1 Å². The van der Waals surface area contributed by atoms with E-state index in [9.17, 15) is 4.79 Å². The molecule has 1 amide bonds. The number of nitrogens with zero attached hydrogens (tertiary/aromatic N) is 1. The van der Waals surface area contributed by atoms with Gasteiger partial charge in [-0.2, -0.15) is 0 Å². The van der Waals surface area contributed by atoms with E-state index in [4.69, 9.17) is 9.47 Å². The number of nitrogens with one attached hydrogen (secondary N) is 1. The van der Waals surface area contributed by atoms with Gasteiger partial charge in [-0.15, -0.1) is 11.3 Å². The molecule has 25 heavy (non-hydrogen) atoms. The predicted octanol–water partition coefficient (Wildman–Crippen LogP) is 4.14. The molecule has 1 heterocycles. The molecular formula is C19H24N2O3S. The van der Waals surface area contributed by atoms with Crippen molar-refractivity contribution in [3.05, 3.63) is 39.8 Å². The Labute approximate surface area is 152 Å². The average Bonchev–Trinajstić information content (AvgIpc) is 3.37. The van der Waals surface area contributed by atoms with Gasteiger partial charge in [-0.3, -0.25) is 4.79 Å². The first-order chi connectivity index (χ1) is 12.2. The Hall–Kier alpha value is -2.08. The number of carbonyl (C=O) groups is 1. The fourth-order valence-electron chi connectivity index (χ4n) is 2.45. The topological polar surface area (TPSA) is 60.5 Å². The number of aromatic nitrogens is 1. The van der Waals surface area contributed by atoms with Crippen LogP contribution >= 0.6 is 11.3 Å². The number of thiazole rings is 1. The first kappa shape index (κ1) is 17.7. The lowest BCUT2D eigenvalue weighted by Gasteiger charge is -2.12. The third kappa shape index (κ3) is 4.72. The van der Waals surface area contributed by atoms with Crippen LogP contribution in [0.25, 0.3) is 0 Å². The lowest BCUT2D eigenvalue weighted by molar-refractivity contribution is 0.0954. The standard InChI is InChI=1S/C19H24N2O3S/c1-3-4-9-24-15-8-5-13(10-16(15)23-2)11-20-18(22)17-12-21-19(25-17)14-6-7-14/h5,8,10,12,14H,3-4,6-7,9,11H2,1-2H3,(H,20,22). The summed E-state index contributed by atoms with van der Waals surface area (Å²) in [6.45, 7) is 3.25. The first-order valence-corrected chi connectivity index (χ1v) is 9.56. The summed E-state index contributed by atoms with van der Waals surface area (Å²) < 4.78 is 11.1. The van der Waals surface area contributed by atoms with E-state index >= 15 is 0 Å². The SMILES string of the molecule is CCCCOc1ccc(CNC(=O)c2cnc(C3CC3)s2)cc1OC. The van der Waals surface area contributed by atoms with Crippen LogP contribution in [0.2, 0.25) is 0 Å². The highest BCUT2D eigenvalue weighted by Crippen LogP contribution is 2.41.